The van der Waals surface area contributed by atoms with E-state index in [1.54, 1.807) is 19.2 Å². The van der Waals surface area contributed by atoms with Crippen LogP contribution in [0.4, 0.5) is 0 Å². The highest BCUT2D eigenvalue weighted by Gasteiger charge is 2.29. The van der Waals surface area contributed by atoms with Crippen LogP contribution in [-0.4, -0.2) is 18.2 Å². The average molecular weight is 283 g/mol. The number of carboxylic acids is 1. The third-order valence-electron chi connectivity index (χ3n) is 3.18. The van der Waals surface area contributed by atoms with Crippen molar-refractivity contribution < 1.29 is 19.1 Å². The Kier molecular flexibility index (Phi) is 3.45. The van der Waals surface area contributed by atoms with E-state index in [1.165, 1.54) is 6.26 Å². The first-order valence-electron chi connectivity index (χ1n) is 5.83. The summed E-state index contributed by atoms with van der Waals surface area (Å²) in [5.74, 6) is -0.315. The molecule has 1 N–H and O–H groups in total. The van der Waals surface area contributed by atoms with Crippen LogP contribution in [0, 0.1) is 0 Å². The minimum atomic E-state index is -0.868. The van der Waals surface area contributed by atoms with Gasteiger partial charge in [0.2, 0.25) is 0 Å². The molecule has 0 unspecified atom stereocenters. The molecule has 0 aliphatic carbocycles. The molecule has 0 saturated carbocycles. The molecule has 0 spiro atoms. The number of methoxy groups -OCH3 is 1. The van der Waals surface area contributed by atoms with Crippen LogP contribution in [-0.2, 0) is 10.2 Å². The topological polar surface area (TPSA) is 59.7 Å². The molecule has 2 aromatic rings. The maximum atomic E-state index is 11.0. The summed E-state index contributed by atoms with van der Waals surface area (Å²) in [4.78, 5) is 11.0. The van der Waals surface area contributed by atoms with Crippen molar-refractivity contribution in [2.24, 2.45) is 0 Å². The summed E-state index contributed by atoms with van der Waals surface area (Å²) >= 11 is 6.37. The molecule has 102 valence electrons. The van der Waals surface area contributed by atoms with Gasteiger partial charge in [-0.3, -0.25) is 4.79 Å². The molecule has 2 rings (SSSR count). The van der Waals surface area contributed by atoms with Crippen molar-refractivity contribution in [2.75, 3.05) is 7.11 Å². The lowest BCUT2D eigenvalue weighted by Crippen LogP contribution is -2.22. The molecule has 0 radical (unpaired) electrons. The largest absolute Gasteiger partial charge is 0.493 e. The molecule has 0 atom stereocenters. The van der Waals surface area contributed by atoms with Gasteiger partial charge >= 0.3 is 5.97 Å². The number of benzene rings is 1. The molecule has 0 fully saturated rings. The minimum absolute atomic E-state index is 0.0147. The maximum absolute atomic E-state index is 11.0. The van der Waals surface area contributed by atoms with E-state index in [0.717, 1.165) is 10.9 Å². The predicted molar refractivity (Wildman–Crippen MR) is 73.1 cm³/mol. The molecule has 4 nitrogen and oxygen atoms in total. The first-order chi connectivity index (χ1) is 8.86. The standard InChI is InChI=1S/C14H15ClO4/c1-14(2,7-11(16)17)9-6-10(18-3)13-8(12(9)15)4-5-19-13/h4-6H,7H2,1-3H3,(H,16,17). The molecule has 0 amide bonds. The van der Waals surface area contributed by atoms with Crippen LogP contribution in [0.5, 0.6) is 5.75 Å². The van der Waals surface area contributed by atoms with E-state index in [0.29, 0.717) is 16.4 Å². The van der Waals surface area contributed by atoms with E-state index in [2.05, 4.69) is 0 Å². The Morgan fingerprint density at radius 3 is 2.79 bits per heavy atom. The number of carbonyl (C=O) groups is 1. The second-order valence-corrected chi connectivity index (χ2v) is 5.44. The molecule has 0 bridgehead atoms. The number of furan rings is 1. The van der Waals surface area contributed by atoms with Crippen molar-refractivity contribution in [1.82, 2.24) is 0 Å². The summed E-state index contributed by atoms with van der Waals surface area (Å²) < 4.78 is 10.6. The van der Waals surface area contributed by atoms with Crippen LogP contribution in [0.15, 0.2) is 22.8 Å². The van der Waals surface area contributed by atoms with E-state index >= 15 is 0 Å². The predicted octanol–water partition coefficient (Wildman–Crippen LogP) is 3.85. The van der Waals surface area contributed by atoms with Crippen LogP contribution in [0.2, 0.25) is 5.02 Å². The third-order valence-corrected chi connectivity index (χ3v) is 3.59. The van der Waals surface area contributed by atoms with Crippen LogP contribution < -0.4 is 4.74 Å². The molecule has 19 heavy (non-hydrogen) atoms. The Balaban J connectivity index is 2.66. The quantitative estimate of drug-likeness (QED) is 0.925. The van der Waals surface area contributed by atoms with Gasteiger partial charge in [0.1, 0.15) is 0 Å². The lowest BCUT2D eigenvalue weighted by molar-refractivity contribution is -0.138. The lowest BCUT2D eigenvalue weighted by Gasteiger charge is -2.25. The van der Waals surface area contributed by atoms with Crippen molar-refractivity contribution in [2.45, 2.75) is 25.7 Å². The number of rotatable bonds is 4. The second kappa shape index (κ2) is 4.78. The molecule has 0 aliphatic rings. The van der Waals surface area contributed by atoms with E-state index in [4.69, 9.17) is 25.9 Å². The molecule has 0 saturated heterocycles. The maximum Gasteiger partial charge on any atom is 0.304 e. The normalized spacial score (nSPS) is 11.8. The van der Waals surface area contributed by atoms with E-state index in [9.17, 15) is 4.79 Å². The average Bonchev–Trinajstić information content (AvgIpc) is 2.77. The SMILES string of the molecule is COc1cc(C(C)(C)CC(=O)O)c(Cl)c2ccoc12. The minimum Gasteiger partial charge on any atom is -0.493 e. The molecule has 5 heteroatoms. The van der Waals surface area contributed by atoms with Crippen LogP contribution in [0.3, 0.4) is 0 Å². The summed E-state index contributed by atoms with van der Waals surface area (Å²) in [7, 11) is 1.54. The summed E-state index contributed by atoms with van der Waals surface area (Å²) in [6, 6.07) is 3.50. The number of hydrogen-bond acceptors (Lipinski definition) is 3. The van der Waals surface area contributed by atoms with E-state index in [1.807, 2.05) is 13.8 Å². The van der Waals surface area contributed by atoms with Crippen molar-refractivity contribution >= 4 is 28.5 Å². The van der Waals surface area contributed by atoms with Crippen molar-refractivity contribution in [3.05, 3.63) is 29.0 Å². The van der Waals surface area contributed by atoms with Gasteiger partial charge in [0.15, 0.2) is 11.3 Å². The van der Waals surface area contributed by atoms with Gasteiger partial charge in [0.05, 0.1) is 24.8 Å². The highest BCUT2D eigenvalue weighted by atomic mass is 35.5. The number of carboxylic acid groups (broad SMARTS) is 1. The Bertz CT molecular complexity index is 628. The smallest absolute Gasteiger partial charge is 0.304 e. The number of aliphatic carboxylic acids is 1. The van der Waals surface area contributed by atoms with E-state index in [-0.39, 0.29) is 6.42 Å². The zero-order valence-electron chi connectivity index (χ0n) is 11.0. The number of fused-ring (bicyclic) bond motifs is 1. The summed E-state index contributed by atoms with van der Waals surface area (Å²) in [6.45, 7) is 3.68. The van der Waals surface area contributed by atoms with E-state index < -0.39 is 11.4 Å². The fraction of sp³-hybridized carbons (Fsp3) is 0.357. The summed E-state index contributed by atoms with van der Waals surface area (Å²) in [5, 5.41) is 10.2. The molecule has 1 aromatic carbocycles. The Morgan fingerprint density at radius 1 is 1.53 bits per heavy atom. The van der Waals surface area contributed by atoms with Gasteiger partial charge in [0, 0.05) is 10.8 Å². The zero-order valence-corrected chi connectivity index (χ0v) is 11.7. The second-order valence-electron chi connectivity index (χ2n) is 5.06. The van der Waals surface area contributed by atoms with Gasteiger partial charge in [-0.1, -0.05) is 25.4 Å². The molecule has 0 aliphatic heterocycles. The van der Waals surface area contributed by atoms with Crippen molar-refractivity contribution in [1.29, 1.82) is 0 Å². The molecular weight excluding hydrogens is 268 g/mol. The number of halogens is 1. The van der Waals surface area contributed by atoms with Crippen LogP contribution in [0.1, 0.15) is 25.8 Å². The Labute approximate surface area is 115 Å². The van der Waals surface area contributed by atoms with Gasteiger partial charge in [-0.05, 0) is 17.7 Å². The Hall–Kier alpha value is -1.68. The number of ether oxygens (including phenoxy) is 1. The first-order valence-corrected chi connectivity index (χ1v) is 6.20. The Morgan fingerprint density at radius 2 is 2.21 bits per heavy atom. The van der Waals surface area contributed by atoms with Crippen molar-refractivity contribution in [3.8, 4) is 5.75 Å². The van der Waals surface area contributed by atoms with Gasteiger partial charge in [0.25, 0.3) is 0 Å². The molecule has 1 heterocycles. The summed E-state index contributed by atoms with van der Waals surface area (Å²) in [6.07, 6.45) is 1.52. The third kappa shape index (κ3) is 2.40. The van der Waals surface area contributed by atoms with Crippen molar-refractivity contribution in [3.63, 3.8) is 0 Å². The first kappa shape index (κ1) is 13.7. The van der Waals surface area contributed by atoms with Crippen LogP contribution in [0.25, 0.3) is 11.0 Å². The van der Waals surface area contributed by atoms with Gasteiger partial charge in [-0.25, -0.2) is 0 Å². The monoisotopic (exact) mass is 282 g/mol. The van der Waals surface area contributed by atoms with Crippen LogP contribution >= 0.6 is 11.6 Å². The molecule has 1 aromatic heterocycles. The highest BCUT2D eigenvalue weighted by Crippen LogP contribution is 2.41. The lowest BCUT2D eigenvalue weighted by atomic mass is 9.81. The number of hydrogen-bond donors (Lipinski definition) is 1. The highest BCUT2D eigenvalue weighted by molar-refractivity contribution is 6.36. The fourth-order valence-corrected chi connectivity index (χ4v) is 2.65. The molecular formula is C14H15ClO4. The van der Waals surface area contributed by atoms with Gasteiger partial charge in [-0.2, -0.15) is 0 Å². The van der Waals surface area contributed by atoms with Gasteiger partial charge in [-0.15, -0.1) is 0 Å². The summed E-state index contributed by atoms with van der Waals surface area (Å²) in [5.41, 5.74) is 0.714. The zero-order chi connectivity index (χ0) is 14.2. The van der Waals surface area contributed by atoms with Gasteiger partial charge < -0.3 is 14.3 Å². The fourth-order valence-electron chi connectivity index (χ4n) is 2.20.